The lowest BCUT2D eigenvalue weighted by Crippen LogP contribution is -2.71. The number of benzene rings is 2. The number of rotatable bonds is 8. The van der Waals surface area contributed by atoms with Crippen LogP contribution in [0.15, 0.2) is 84.6 Å². The molecule has 2 amide bonds. The van der Waals surface area contributed by atoms with Crippen molar-refractivity contribution in [2.24, 2.45) is 34.5 Å². The predicted octanol–water partition coefficient (Wildman–Crippen LogP) is 7.09. The third-order valence-corrected chi connectivity index (χ3v) is 14.2. The van der Waals surface area contributed by atoms with Crippen molar-refractivity contribution in [3.05, 3.63) is 95.7 Å². The van der Waals surface area contributed by atoms with Gasteiger partial charge in [0.15, 0.2) is 18.1 Å². The van der Waals surface area contributed by atoms with Crippen LogP contribution in [0.25, 0.3) is 5.57 Å². The van der Waals surface area contributed by atoms with E-state index in [1.807, 2.05) is 60.8 Å². The number of ether oxygens (including phenoxy) is 1. The quantitative estimate of drug-likeness (QED) is 0.164. The maximum absolute atomic E-state index is 17.0. The van der Waals surface area contributed by atoms with Crippen LogP contribution >= 0.6 is 0 Å². The third kappa shape index (κ3) is 6.33. The summed E-state index contributed by atoms with van der Waals surface area (Å²) in [6, 6.07) is 17.8. The molecule has 0 radical (unpaired) electrons. The maximum Gasteiger partial charge on any atom is 0.303 e. The van der Waals surface area contributed by atoms with Gasteiger partial charge in [0.05, 0.1) is 17.2 Å². The number of amides is 2. The Morgan fingerprint density at radius 3 is 2.29 bits per heavy atom. The van der Waals surface area contributed by atoms with Gasteiger partial charge in [-0.2, -0.15) is 0 Å². The number of alkyl halides is 3. The van der Waals surface area contributed by atoms with E-state index in [0.29, 0.717) is 6.42 Å². The van der Waals surface area contributed by atoms with E-state index < -0.39 is 93.9 Å². The van der Waals surface area contributed by atoms with E-state index in [0.717, 1.165) is 66.8 Å². The van der Waals surface area contributed by atoms with Gasteiger partial charge in [0.25, 0.3) is 17.7 Å². The van der Waals surface area contributed by atoms with Crippen molar-refractivity contribution in [1.82, 2.24) is 5.01 Å². The van der Waals surface area contributed by atoms with E-state index in [4.69, 9.17) is 4.74 Å². The molecular formula is C46H51F3N2O8. The molecule has 59 heavy (non-hydrogen) atoms. The number of carbonyl (C=O) groups is 5. The number of ketones is 2. The molecule has 9 atom stereocenters. The van der Waals surface area contributed by atoms with Crippen molar-refractivity contribution in [3.8, 4) is 0 Å². The first kappa shape index (κ1) is 42.3. The van der Waals surface area contributed by atoms with E-state index in [9.17, 15) is 34.2 Å². The highest BCUT2D eigenvalue weighted by atomic mass is 19.3. The second kappa shape index (κ2) is 15.0. The van der Waals surface area contributed by atoms with Crippen LogP contribution in [-0.4, -0.2) is 74.5 Å². The van der Waals surface area contributed by atoms with E-state index in [-0.39, 0.29) is 24.7 Å². The molecule has 2 aromatic carbocycles. The Balaban J connectivity index is 0.000000184. The number of nitrogens with zero attached hydrogens (tertiary/aromatic N) is 2. The van der Waals surface area contributed by atoms with Crippen LogP contribution in [0.2, 0.25) is 0 Å². The van der Waals surface area contributed by atoms with Gasteiger partial charge in [-0.1, -0.05) is 94.6 Å². The summed E-state index contributed by atoms with van der Waals surface area (Å²) in [5, 5.41) is 25.9. The zero-order valence-electron chi connectivity index (χ0n) is 33.9. The molecule has 0 spiro atoms. The lowest BCUT2D eigenvalue weighted by molar-refractivity contribution is -0.240. The average molecular weight is 817 g/mol. The number of allylic oxidation sites excluding steroid dienone is 4. The summed E-state index contributed by atoms with van der Waals surface area (Å²) in [4.78, 5) is 62.0. The average Bonchev–Trinajstić information content (AvgIpc) is 3.56. The van der Waals surface area contributed by atoms with Crippen molar-refractivity contribution in [1.29, 1.82) is 0 Å². The minimum Gasteiger partial charge on any atom is -0.458 e. The largest absolute Gasteiger partial charge is 0.458 e. The molecule has 13 heteroatoms. The van der Waals surface area contributed by atoms with Gasteiger partial charge in [0.2, 0.25) is 5.78 Å². The molecule has 1 saturated heterocycles. The van der Waals surface area contributed by atoms with Gasteiger partial charge in [-0.3, -0.25) is 24.0 Å². The van der Waals surface area contributed by atoms with Crippen molar-refractivity contribution in [3.63, 3.8) is 0 Å². The molecule has 2 aliphatic heterocycles. The molecule has 0 aromatic heterocycles. The fourth-order valence-electron chi connectivity index (χ4n) is 11.2. The molecule has 10 nitrogen and oxygen atoms in total. The second-order valence-corrected chi connectivity index (χ2v) is 17.4. The van der Waals surface area contributed by atoms with Crippen molar-refractivity contribution in [2.75, 3.05) is 11.6 Å². The molecule has 4 fully saturated rings. The summed E-state index contributed by atoms with van der Waals surface area (Å²) in [6.45, 7) is 6.89. The number of fused-ring (bicyclic) bond motifs is 8. The number of halogens is 3. The monoisotopic (exact) mass is 816 g/mol. The molecule has 8 rings (SSSR count). The number of carbonyl (C=O) groups excluding carboxylic acids is 5. The van der Waals surface area contributed by atoms with Gasteiger partial charge in [0, 0.05) is 47.6 Å². The summed E-state index contributed by atoms with van der Waals surface area (Å²) < 4.78 is 52.6. The van der Waals surface area contributed by atoms with Crippen molar-refractivity contribution in [2.45, 2.75) is 103 Å². The first-order valence-corrected chi connectivity index (χ1v) is 20.4. The van der Waals surface area contributed by atoms with Gasteiger partial charge >= 0.3 is 5.97 Å². The number of hydrogen-bond acceptors (Lipinski definition) is 8. The van der Waals surface area contributed by atoms with Crippen LogP contribution in [0.5, 0.6) is 0 Å². The number of aliphatic hydroxyl groups is 2. The zero-order chi connectivity index (χ0) is 42.9. The van der Waals surface area contributed by atoms with Crippen LogP contribution in [0.1, 0.15) is 90.7 Å². The lowest BCUT2D eigenvalue weighted by atomic mass is 9.44. The number of hydrogen-bond donors (Lipinski definition) is 2. The maximum atomic E-state index is 17.0. The summed E-state index contributed by atoms with van der Waals surface area (Å²) in [6.07, 6.45) is 5.35. The molecule has 314 valence electrons. The Morgan fingerprint density at radius 1 is 0.932 bits per heavy atom. The van der Waals surface area contributed by atoms with Crippen molar-refractivity contribution < 1.29 is 52.1 Å². The summed E-state index contributed by atoms with van der Waals surface area (Å²) in [5.41, 5.74) is -4.88. The highest BCUT2D eigenvalue weighted by molar-refractivity contribution is 6.17. The van der Waals surface area contributed by atoms with Gasteiger partial charge < -0.3 is 14.9 Å². The Labute approximate surface area is 341 Å². The fraction of sp³-hybridized carbons (Fsp3) is 0.500. The highest BCUT2D eigenvalue weighted by Crippen LogP contribution is 2.72. The number of Topliss-reactive ketones (excluding diaryl/α,β-unsaturated/α-hetero) is 1. The normalized spacial score (nSPS) is 34.9. The molecule has 0 bridgehead atoms. The Hall–Kier alpha value is -4.88. The number of anilines is 1. The van der Waals surface area contributed by atoms with Crippen molar-refractivity contribution >= 4 is 40.6 Å². The highest BCUT2D eigenvalue weighted by Gasteiger charge is 2.78. The molecule has 2 aromatic rings. The SMILES string of the molecule is CC(=O)OCC(=O)[C@@]1(O)[C@H](C)C[C@H]2[C@@H]3CC(F)(F)C4=CC(=O)C=C[C@]4(C)[C@@]3(F)[C@@H](O)C[C@@]21C.CCCCCC1C(=O)N2C=C(c3ccccc3)c3ccccc3N2C1=O. The van der Waals surface area contributed by atoms with Crippen LogP contribution in [-0.2, 0) is 28.7 Å². The van der Waals surface area contributed by atoms with Gasteiger partial charge in [-0.05, 0) is 61.8 Å². The molecule has 1 unspecified atom stereocenters. The van der Waals surface area contributed by atoms with E-state index in [1.54, 1.807) is 11.9 Å². The first-order chi connectivity index (χ1) is 27.8. The molecular weight excluding hydrogens is 766 g/mol. The predicted molar refractivity (Wildman–Crippen MR) is 212 cm³/mol. The second-order valence-electron chi connectivity index (χ2n) is 17.4. The molecule has 6 aliphatic rings. The topological polar surface area (TPSA) is 142 Å². The van der Waals surface area contributed by atoms with E-state index >= 15 is 13.2 Å². The Morgan fingerprint density at radius 2 is 1.61 bits per heavy atom. The molecule has 4 aliphatic carbocycles. The Kier molecular flexibility index (Phi) is 10.7. The molecule has 2 heterocycles. The van der Waals surface area contributed by atoms with Crippen LogP contribution in [0, 0.1) is 34.5 Å². The number of esters is 1. The smallest absolute Gasteiger partial charge is 0.303 e. The summed E-state index contributed by atoms with van der Waals surface area (Å²) >= 11 is 0. The summed E-state index contributed by atoms with van der Waals surface area (Å²) in [5.74, 6) is -9.49. The molecule has 3 saturated carbocycles. The van der Waals surface area contributed by atoms with E-state index in [2.05, 4.69) is 6.92 Å². The fourth-order valence-corrected chi connectivity index (χ4v) is 11.2. The minimum absolute atomic E-state index is 0.0791. The van der Waals surface area contributed by atoms with Crippen LogP contribution in [0.3, 0.4) is 0 Å². The number of unbranched alkanes of at least 4 members (excludes halogenated alkanes) is 2. The minimum atomic E-state index is -3.51. The summed E-state index contributed by atoms with van der Waals surface area (Å²) in [7, 11) is 0. The van der Waals surface area contributed by atoms with Gasteiger partial charge in [-0.25, -0.2) is 23.2 Å². The standard InChI is InChI=1S/C24H29F3O6.C22H22N2O2/c1-12-7-15-16-9-22(25,26)17-8-14(29)5-6-20(17,3)23(16,27)18(30)10-21(15,4)24(12,32)19(31)11-33-13(2)28;1-2-3-5-13-18-21(25)23-15-19(16-10-6-4-7-11-16)17-12-8-9-14-20(17)24(23)22(18)26/h5-6,8,12,15-16,18,30,32H,7,9-11H2,1-4H3;4,6-12,14-15,18H,2-3,5,13H2,1H3/t12-,15+,16+,18+,20+,21+,23+,24+;/m1./s1. The van der Waals surface area contributed by atoms with Gasteiger partial charge in [-0.15, -0.1) is 0 Å². The third-order valence-electron chi connectivity index (χ3n) is 14.2. The first-order valence-electron chi connectivity index (χ1n) is 20.4. The lowest BCUT2D eigenvalue weighted by Gasteiger charge is -2.63. The van der Waals surface area contributed by atoms with Gasteiger partial charge in [0.1, 0.15) is 11.5 Å². The van der Waals surface area contributed by atoms with Crippen LogP contribution < -0.4 is 5.01 Å². The number of aliphatic hydroxyl groups excluding tert-OH is 1. The zero-order valence-corrected chi connectivity index (χ0v) is 33.9. The Bertz CT molecular complexity index is 2170. The number of para-hydroxylation sites is 1. The van der Waals surface area contributed by atoms with E-state index in [1.165, 1.54) is 18.9 Å². The number of hydrazine groups is 1. The molecule has 2 N–H and O–H groups in total. The van der Waals surface area contributed by atoms with Crippen LogP contribution in [0.4, 0.5) is 18.9 Å².